The molecule has 6 rings (SSSR count). The number of fused-ring (bicyclic) bond motifs is 3. The van der Waals surface area contributed by atoms with Gasteiger partial charge < -0.3 is 4.74 Å². The van der Waals surface area contributed by atoms with Crippen LogP contribution in [0.15, 0.2) is 88.7 Å². The van der Waals surface area contributed by atoms with Crippen molar-refractivity contribution in [2.75, 3.05) is 6.61 Å². The van der Waals surface area contributed by atoms with E-state index < -0.39 is 11.0 Å². The van der Waals surface area contributed by atoms with E-state index in [1.165, 1.54) is 23.0 Å². The number of nitro benzene ring substituents is 1. The Kier molecular flexibility index (Phi) is 7.48. The predicted octanol–water partition coefficient (Wildman–Crippen LogP) is 6.00. The lowest BCUT2D eigenvalue weighted by molar-refractivity contribution is -0.384. The zero-order chi connectivity index (χ0) is 28.0. The molecule has 10 heteroatoms. The molecule has 4 aromatic rings. The van der Waals surface area contributed by atoms with E-state index in [9.17, 15) is 14.9 Å². The summed E-state index contributed by atoms with van der Waals surface area (Å²) >= 11 is 5.81. The zero-order valence-electron chi connectivity index (χ0n) is 21.0. The fourth-order valence-electron chi connectivity index (χ4n) is 5.23. The van der Waals surface area contributed by atoms with Crippen molar-refractivity contribution in [2.24, 2.45) is 4.99 Å². The molecule has 200 valence electrons. The average molecular weight is 773 g/mol. The number of aryl methyl sites for hydroxylation is 1. The number of ether oxygens (including phenoxy) is 1. The monoisotopic (exact) mass is 773 g/mol. The van der Waals surface area contributed by atoms with Crippen molar-refractivity contribution in [3.8, 4) is 5.75 Å². The fraction of sp³-hybridized carbons (Fsp3) is 0.133. The van der Waals surface area contributed by atoms with Crippen LogP contribution in [0.5, 0.6) is 5.75 Å². The summed E-state index contributed by atoms with van der Waals surface area (Å²) < 4.78 is 9.94. The van der Waals surface area contributed by atoms with Crippen LogP contribution in [-0.2, 0) is 6.42 Å². The van der Waals surface area contributed by atoms with Crippen molar-refractivity contribution in [3.05, 3.63) is 138 Å². The van der Waals surface area contributed by atoms with Crippen molar-refractivity contribution in [1.29, 1.82) is 0 Å². The molecule has 2 aliphatic rings. The molecule has 1 atom stereocenters. The smallest absolute Gasteiger partial charge is 0.271 e. The molecule has 1 aromatic heterocycles. The fourth-order valence-corrected chi connectivity index (χ4v) is 8.35. The number of thiazole rings is 1. The van der Waals surface area contributed by atoms with E-state index >= 15 is 0 Å². The Morgan fingerprint density at radius 2 is 1.90 bits per heavy atom. The van der Waals surface area contributed by atoms with Crippen molar-refractivity contribution in [2.45, 2.75) is 18.9 Å². The number of hydrogen-bond acceptors (Lipinski definition) is 6. The topological polar surface area (TPSA) is 86.7 Å². The molecule has 1 unspecified atom stereocenters. The summed E-state index contributed by atoms with van der Waals surface area (Å²) in [6.45, 7) is 4.13. The van der Waals surface area contributed by atoms with Gasteiger partial charge in [-0.1, -0.05) is 60.4 Å². The van der Waals surface area contributed by atoms with E-state index in [4.69, 9.17) is 9.73 Å². The predicted molar refractivity (Wildman–Crippen MR) is 173 cm³/mol. The van der Waals surface area contributed by atoms with Gasteiger partial charge in [0.15, 0.2) is 4.80 Å². The minimum Gasteiger partial charge on any atom is -0.487 e. The van der Waals surface area contributed by atoms with Crippen LogP contribution in [0.25, 0.3) is 11.8 Å². The number of benzene rings is 3. The maximum atomic E-state index is 14.0. The van der Waals surface area contributed by atoms with Gasteiger partial charge in [0.1, 0.15) is 12.4 Å². The SMILES string of the molecule is C=CCOc1c(I)cc(C=c2sc3n(c2=O)C(c2cccc([N+](=O)[O-])c2)C2=C(N=3)c3ccccc3CC2)cc1I. The molecule has 1 aliphatic carbocycles. The summed E-state index contributed by atoms with van der Waals surface area (Å²) in [4.78, 5) is 30.8. The number of nitrogens with zero attached hydrogens (tertiary/aromatic N) is 3. The molecule has 0 fully saturated rings. The van der Waals surface area contributed by atoms with Crippen LogP contribution in [0.1, 0.15) is 34.7 Å². The molecule has 0 saturated carbocycles. The van der Waals surface area contributed by atoms with E-state index in [2.05, 4.69) is 63.9 Å². The molecule has 2 heterocycles. The summed E-state index contributed by atoms with van der Waals surface area (Å²) in [6, 6.07) is 18.3. The van der Waals surface area contributed by atoms with Crippen molar-refractivity contribution in [3.63, 3.8) is 0 Å². The van der Waals surface area contributed by atoms with Gasteiger partial charge in [-0.05, 0) is 98.5 Å². The van der Waals surface area contributed by atoms with Crippen LogP contribution in [0, 0.1) is 17.3 Å². The summed E-state index contributed by atoms with van der Waals surface area (Å²) in [5.74, 6) is 0.789. The highest BCUT2D eigenvalue weighted by Gasteiger charge is 2.33. The first-order chi connectivity index (χ1) is 19.4. The quantitative estimate of drug-likeness (QED) is 0.104. The molecule has 7 nitrogen and oxygen atoms in total. The number of aromatic nitrogens is 1. The Labute approximate surface area is 260 Å². The van der Waals surface area contributed by atoms with E-state index in [0.717, 1.165) is 41.7 Å². The van der Waals surface area contributed by atoms with Crippen LogP contribution < -0.4 is 19.6 Å². The lowest BCUT2D eigenvalue weighted by Crippen LogP contribution is -2.38. The van der Waals surface area contributed by atoms with E-state index in [1.54, 1.807) is 22.8 Å². The molecule has 40 heavy (non-hydrogen) atoms. The van der Waals surface area contributed by atoms with Gasteiger partial charge in [0.2, 0.25) is 0 Å². The van der Waals surface area contributed by atoms with Gasteiger partial charge >= 0.3 is 0 Å². The van der Waals surface area contributed by atoms with Crippen molar-refractivity contribution in [1.82, 2.24) is 4.57 Å². The highest BCUT2D eigenvalue weighted by atomic mass is 127. The van der Waals surface area contributed by atoms with Crippen molar-refractivity contribution < 1.29 is 9.66 Å². The first kappa shape index (κ1) is 27.1. The third-order valence-corrected chi connectivity index (χ3v) is 9.52. The first-order valence-corrected chi connectivity index (χ1v) is 15.4. The van der Waals surface area contributed by atoms with Gasteiger partial charge in [-0.25, -0.2) is 4.99 Å². The summed E-state index contributed by atoms with van der Waals surface area (Å²) in [7, 11) is 0. The first-order valence-electron chi connectivity index (χ1n) is 12.5. The summed E-state index contributed by atoms with van der Waals surface area (Å²) in [5.41, 5.74) is 5.55. The van der Waals surface area contributed by atoms with Gasteiger partial charge in [0.25, 0.3) is 11.2 Å². The molecule has 0 N–H and O–H groups in total. The Hall–Kier alpha value is -3.10. The van der Waals surface area contributed by atoms with Gasteiger partial charge in [-0.2, -0.15) is 0 Å². The Balaban J connectivity index is 1.56. The van der Waals surface area contributed by atoms with E-state index in [-0.39, 0.29) is 11.2 Å². The number of rotatable bonds is 6. The molecular weight excluding hydrogens is 752 g/mol. The highest BCUT2D eigenvalue weighted by Crippen LogP contribution is 2.41. The third-order valence-electron chi connectivity index (χ3n) is 6.93. The second kappa shape index (κ2) is 11.1. The second-order valence-corrected chi connectivity index (χ2v) is 12.7. The standard InChI is InChI=1S/C30H21I2N3O4S/c1-2-12-39-28-23(31)13-17(14-24(28)32)15-25-29(36)34-27(19-7-5-8-20(16-19)35(37)38)22-11-10-18-6-3-4-9-21(18)26(22)33-30(34)40-25/h2-9,13-16,27H,1,10-12H2. The molecule has 0 bridgehead atoms. The largest absolute Gasteiger partial charge is 0.487 e. The molecule has 0 amide bonds. The normalized spacial score (nSPS) is 16.1. The van der Waals surface area contributed by atoms with E-state index in [1.807, 2.05) is 36.4 Å². The minimum atomic E-state index is -0.475. The lowest BCUT2D eigenvalue weighted by Gasteiger charge is -2.30. The van der Waals surface area contributed by atoms with Crippen LogP contribution >= 0.6 is 56.5 Å². The number of halogens is 2. The van der Waals surface area contributed by atoms with Gasteiger partial charge in [-0.3, -0.25) is 19.5 Å². The lowest BCUT2D eigenvalue weighted by atomic mass is 9.83. The Morgan fingerprint density at radius 3 is 2.65 bits per heavy atom. The summed E-state index contributed by atoms with van der Waals surface area (Å²) in [6.07, 6.45) is 5.12. The molecular formula is C30H21I2N3O4S. The molecule has 0 spiro atoms. The number of hydrogen-bond donors (Lipinski definition) is 0. The number of allylic oxidation sites excluding steroid dienone is 1. The molecule has 0 radical (unpaired) electrons. The Bertz CT molecular complexity index is 1900. The van der Waals surface area contributed by atoms with Crippen molar-refractivity contribution >= 4 is 74.0 Å². The minimum absolute atomic E-state index is 0.00194. The third kappa shape index (κ3) is 4.85. The maximum absolute atomic E-state index is 14.0. The van der Waals surface area contributed by atoms with Crippen LogP contribution in [0.3, 0.4) is 0 Å². The zero-order valence-corrected chi connectivity index (χ0v) is 26.1. The van der Waals surface area contributed by atoms with Gasteiger partial charge in [0.05, 0.1) is 28.3 Å². The second-order valence-electron chi connectivity index (χ2n) is 9.38. The summed E-state index contributed by atoms with van der Waals surface area (Å²) in [5, 5.41) is 11.6. The average Bonchev–Trinajstić information content (AvgIpc) is 3.25. The molecule has 3 aromatic carbocycles. The van der Waals surface area contributed by atoms with Gasteiger partial charge in [0, 0.05) is 17.7 Å². The highest BCUT2D eigenvalue weighted by molar-refractivity contribution is 14.1. The van der Waals surface area contributed by atoms with E-state index in [0.29, 0.717) is 27.9 Å². The molecule has 1 aliphatic heterocycles. The Morgan fingerprint density at radius 1 is 1.12 bits per heavy atom. The van der Waals surface area contributed by atoms with Crippen LogP contribution in [0.4, 0.5) is 5.69 Å². The number of nitro groups is 1. The van der Waals surface area contributed by atoms with Crippen LogP contribution in [0.2, 0.25) is 0 Å². The maximum Gasteiger partial charge on any atom is 0.271 e. The van der Waals surface area contributed by atoms with Crippen LogP contribution in [-0.4, -0.2) is 16.1 Å². The number of non-ortho nitro benzene ring substituents is 1. The molecule has 0 saturated heterocycles. The van der Waals surface area contributed by atoms with Gasteiger partial charge in [-0.15, -0.1) is 0 Å².